The fraction of sp³-hybridized carbons (Fsp3) is 0.429. The van der Waals surface area contributed by atoms with Crippen LogP contribution in [0.3, 0.4) is 0 Å². The number of amides is 2. The molecule has 2 rings (SSSR count). The molecule has 1 aliphatic carbocycles. The van der Waals surface area contributed by atoms with Gasteiger partial charge in [-0.15, -0.1) is 0 Å². The predicted molar refractivity (Wildman–Crippen MR) is 77.1 cm³/mol. The summed E-state index contributed by atoms with van der Waals surface area (Å²) in [6, 6.07) is 7.59. The number of carbonyl (C=O) groups excluding carboxylic acids is 2. The van der Waals surface area contributed by atoms with Gasteiger partial charge in [-0.25, -0.2) is 0 Å². The highest BCUT2D eigenvalue weighted by atomic mass is 79.9. The van der Waals surface area contributed by atoms with Crippen LogP contribution in [0.1, 0.15) is 17.9 Å². The van der Waals surface area contributed by atoms with E-state index in [0.29, 0.717) is 6.42 Å². The number of hydrogen-bond acceptors (Lipinski definition) is 2. The lowest BCUT2D eigenvalue weighted by Crippen LogP contribution is -2.41. The van der Waals surface area contributed by atoms with Crippen LogP contribution in [0.25, 0.3) is 0 Å². The van der Waals surface area contributed by atoms with Crippen molar-refractivity contribution in [1.82, 2.24) is 10.6 Å². The van der Waals surface area contributed by atoms with Crippen LogP contribution in [0.4, 0.5) is 13.2 Å². The van der Waals surface area contributed by atoms with Gasteiger partial charge in [-0.05, 0) is 30.0 Å². The van der Waals surface area contributed by atoms with Crippen LogP contribution in [-0.4, -0.2) is 31.1 Å². The van der Waals surface area contributed by atoms with Gasteiger partial charge in [-0.1, -0.05) is 28.1 Å². The third-order valence-electron chi connectivity index (χ3n) is 3.31. The molecule has 1 aromatic carbocycles. The molecule has 4 nitrogen and oxygen atoms in total. The molecule has 1 fully saturated rings. The maximum atomic E-state index is 11.9. The van der Waals surface area contributed by atoms with E-state index in [0.717, 1.165) is 10.0 Å². The molecular weight excluding hydrogens is 365 g/mol. The van der Waals surface area contributed by atoms with E-state index in [4.69, 9.17) is 0 Å². The van der Waals surface area contributed by atoms with Crippen molar-refractivity contribution >= 4 is 27.7 Å². The van der Waals surface area contributed by atoms with Crippen LogP contribution in [0, 0.1) is 5.92 Å². The van der Waals surface area contributed by atoms with Crippen molar-refractivity contribution < 1.29 is 22.8 Å². The first-order valence-electron chi connectivity index (χ1n) is 6.63. The van der Waals surface area contributed by atoms with E-state index < -0.39 is 25.2 Å². The topological polar surface area (TPSA) is 58.2 Å². The average molecular weight is 379 g/mol. The molecule has 0 bridgehead atoms. The number of carbonyl (C=O) groups is 2. The maximum absolute atomic E-state index is 11.9. The van der Waals surface area contributed by atoms with Crippen molar-refractivity contribution in [2.75, 3.05) is 13.1 Å². The molecule has 2 amide bonds. The van der Waals surface area contributed by atoms with Crippen molar-refractivity contribution in [2.45, 2.75) is 18.5 Å². The number of halogens is 4. The lowest BCUT2D eigenvalue weighted by Gasteiger charge is -2.09. The molecule has 2 atom stereocenters. The quantitative estimate of drug-likeness (QED) is 0.826. The smallest absolute Gasteiger partial charge is 0.347 e. The summed E-state index contributed by atoms with van der Waals surface area (Å²) in [4.78, 5) is 23.1. The molecule has 2 unspecified atom stereocenters. The van der Waals surface area contributed by atoms with Gasteiger partial charge in [0.25, 0.3) is 0 Å². The van der Waals surface area contributed by atoms with E-state index in [1.165, 1.54) is 0 Å². The highest BCUT2D eigenvalue weighted by Gasteiger charge is 2.43. The van der Waals surface area contributed by atoms with Gasteiger partial charge in [0.05, 0.1) is 6.54 Å². The fourth-order valence-corrected chi connectivity index (χ4v) is 2.57. The first-order valence-corrected chi connectivity index (χ1v) is 7.42. The van der Waals surface area contributed by atoms with Crippen molar-refractivity contribution in [3.05, 3.63) is 34.3 Å². The molecule has 0 spiro atoms. The molecule has 0 saturated heterocycles. The Morgan fingerprint density at radius 2 is 2.00 bits per heavy atom. The maximum Gasteiger partial charge on any atom is 0.405 e. The van der Waals surface area contributed by atoms with E-state index in [1.807, 2.05) is 24.3 Å². The minimum atomic E-state index is -4.46. The summed E-state index contributed by atoms with van der Waals surface area (Å²) in [5, 5.41) is 4.07. The summed E-state index contributed by atoms with van der Waals surface area (Å²) in [6.07, 6.45) is -3.78. The number of rotatable bonds is 5. The molecule has 0 heterocycles. The van der Waals surface area contributed by atoms with Crippen LogP contribution >= 0.6 is 15.9 Å². The van der Waals surface area contributed by atoms with E-state index in [9.17, 15) is 22.8 Å². The number of nitrogens with one attached hydrogen (secondary N) is 2. The largest absolute Gasteiger partial charge is 0.405 e. The Labute approximate surface area is 133 Å². The fourth-order valence-electron chi connectivity index (χ4n) is 2.15. The van der Waals surface area contributed by atoms with Gasteiger partial charge >= 0.3 is 6.18 Å². The Morgan fingerprint density at radius 1 is 1.27 bits per heavy atom. The molecule has 1 aromatic rings. The molecule has 1 saturated carbocycles. The van der Waals surface area contributed by atoms with Gasteiger partial charge < -0.3 is 10.6 Å². The minimum absolute atomic E-state index is 0.0933. The Kier molecular flexibility index (Phi) is 5.10. The first kappa shape index (κ1) is 16.8. The van der Waals surface area contributed by atoms with E-state index >= 15 is 0 Å². The van der Waals surface area contributed by atoms with Gasteiger partial charge in [-0.3, -0.25) is 9.59 Å². The Bertz CT molecular complexity index is 577. The van der Waals surface area contributed by atoms with Crippen molar-refractivity contribution in [2.24, 2.45) is 5.92 Å². The lowest BCUT2D eigenvalue weighted by molar-refractivity contribution is -0.138. The molecule has 0 aromatic heterocycles. The highest BCUT2D eigenvalue weighted by Crippen LogP contribution is 2.47. The molecular formula is C14H14BrF3N2O2. The average Bonchev–Trinajstić information content (AvgIpc) is 3.22. The zero-order valence-electron chi connectivity index (χ0n) is 11.4. The molecule has 8 heteroatoms. The van der Waals surface area contributed by atoms with Gasteiger partial charge in [0, 0.05) is 10.4 Å². The second-order valence-corrected chi connectivity index (χ2v) is 6.03. The van der Waals surface area contributed by atoms with E-state index in [1.54, 1.807) is 5.32 Å². The minimum Gasteiger partial charge on any atom is -0.347 e. The van der Waals surface area contributed by atoms with Crippen LogP contribution in [0.15, 0.2) is 28.7 Å². The summed E-state index contributed by atoms with van der Waals surface area (Å²) in [6.45, 7) is -1.84. The second kappa shape index (κ2) is 6.68. The van der Waals surface area contributed by atoms with Gasteiger partial charge in [0.1, 0.15) is 6.54 Å². The highest BCUT2D eigenvalue weighted by molar-refractivity contribution is 9.10. The SMILES string of the molecule is O=C(CNC(=O)C1CC1c1cccc(Br)c1)NCC(F)(F)F. The first-order chi connectivity index (χ1) is 10.3. The lowest BCUT2D eigenvalue weighted by atomic mass is 10.1. The van der Waals surface area contributed by atoms with E-state index in [-0.39, 0.29) is 17.7 Å². The van der Waals surface area contributed by atoms with Crippen LogP contribution in [-0.2, 0) is 9.59 Å². The zero-order chi connectivity index (χ0) is 16.3. The number of hydrogen-bond donors (Lipinski definition) is 2. The summed E-state index contributed by atoms with van der Waals surface area (Å²) in [5.41, 5.74) is 1.02. The Balaban J connectivity index is 1.74. The molecule has 22 heavy (non-hydrogen) atoms. The van der Waals surface area contributed by atoms with Crippen molar-refractivity contribution in [1.29, 1.82) is 0 Å². The molecule has 2 N–H and O–H groups in total. The van der Waals surface area contributed by atoms with Crippen molar-refractivity contribution in [3.63, 3.8) is 0 Å². The van der Waals surface area contributed by atoms with E-state index in [2.05, 4.69) is 21.2 Å². The Hall–Kier alpha value is -1.57. The van der Waals surface area contributed by atoms with Gasteiger partial charge in [-0.2, -0.15) is 13.2 Å². The van der Waals surface area contributed by atoms with Crippen LogP contribution in [0.5, 0.6) is 0 Å². The standard InChI is InChI=1S/C14H14BrF3N2O2/c15-9-3-1-2-8(4-9)10-5-11(10)13(22)19-6-12(21)20-7-14(16,17)18/h1-4,10-11H,5-7H2,(H,19,22)(H,20,21). The Morgan fingerprint density at radius 3 is 2.64 bits per heavy atom. The molecule has 1 aliphatic rings. The summed E-state index contributed by atoms with van der Waals surface area (Å²) < 4.78 is 36.7. The predicted octanol–water partition coefficient (Wildman–Crippen LogP) is 2.35. The van der Waals surface area contributed by atoms with Gasteiger partial charge in [0.15, 0.2) is 0 Å². The monoisotopic (exact) mass is 378 g/mol. The third kappa shape index (κ3) is 5.01. The summed E-state index contributed by atoms with van der Waals surface area (Å²) in [7, 11) is 0. The second-order valence-electron chi connectivity index (χ2n) is 5.11. The van der Waals surface area contributed by atoms with Crippen LogP contribution in [0.2, 0.25) is 0 Å². The molecule has 120 valence electrons. The van der Waals surface area contributed by atoms with Gasteiger partial charge in [0.2, 0.25) is 11.8 Å². The van der Waals surface area contributed by atoms with Crippen molar-refractivity contribution in [3.8, 4) is 0 Å². The summed E-state index contributed by atoms with van der Waals surface area (Å²) in [5.74, 6) is -1.31. The number of alkyl halides is 3. The number of benzene rings is 1. The molecule has 0 radical (unpaired) electrons. The third-order valence-corrected chi connectivity index (χ3v) is 3.81. The van der Waals surface area contributed by atoms with Crippen LogP contribution < -0.4 is 10.6 Å². The normalized spacial score (nSPS) is 20.4. The zero-order valence-corrected chi connectivity index (χ0v) is 13.0. The molecule has 0 aliphatic heterocycles. The summed E-state index contributed by atoms with van der Waals surface area (Å²) >= 11 is 3.35.